The van der Waals surface area contributed by atoms with Crippen LogP contribution in [0.2, 0.25) is 0 Å². The summed E-state index contributed by atoms with van der Waals surface area (Å²) >= 11 is 0. The van der Waals surface area contributed by atoms with E-state index in [0.717, 1.165) is 16.8 Å². The molecule has 3 aliphatic rings. The number of hydrogen-bond acceptors (Lipinski definition) is 3. The summed E-state index contributed by atoms with van der Waals surface area (Å²) in [6, 6.07) is 75.0. The second kappa shape index (κ2) is 13.3. The first-order valence-corrected chi connectivity index (χ1v) is 19.5. The monoisotopic (exact) mass is 719 g/mol. The molecule has 268 valence electrons. The Bertz CT molecular complexity index is 2610. The van der Waals surface area contributed by atoms with Crippen molar-refractivity contribution in [3.05, 3.63) is 251 Å². The van der Waals surface area contributed by atoms with Gasteiger partial charge in [-0.05, 0) is 86.5 Å². The number of fused-ring (bicyclic) bond motifs is 9. The SMILES string of the molecule is c1ccc(C2[N-]C(c3ccccc3)NC(c3cccc(-c4ccc5c(c4)C4(c6ccccc6-5)c5ccccc5N(c5ccccc5)c5ccccc54)c3)N2)cc1. The molecule has 0 aromatic heterocycles. The third-order valence-corrected chi connectivity index (χ3v) is 11.9. The lowest BCUT2D eigenvalue weighted by atomic mass is 9.64. The van der Waals surface area contributed by atoms with Crippen LogP contribution in [0.5, 0.6) is 0 Å². The fourth-order valence-corrected chi connectivity index (χ4v) is 9.47. The van der Waals surface area contributed by atoms with Crippen molar-refractivity contribution < 1.29 is 0 Å². The molecule has 56 heavy (non-hydrogen) atoms. The number of para-hydroxylation sites is 3. The fourth-order valence-electron chi connectivity index (χ4n) is 9.47. The third-order valence-electron chi connectivity index (χ3n) is 11.9. The summed E-state index contributed by atoms with van der Waals surface area (Å²) in [5.74, 6) is 0. The zero-order valence-electron chi connectivity index (χ0n) is 30.8. The lowest BCUT2D eigenvalue weighted by Gasteiger charge is -2.50. The molecule has 1 spiro atoms. The third kappa shape index (κ3) is 5.11. The van der Waals surface area contributed by atoms with Gasteiger partial charge in [0.1, 0.15) is 0 Å². The molecule has 1 aliphatic carbocycles. The van der Waals surface area contributed by atoms with Gasteiger partial charge in [0.15, 0.2) is 0 Å². The number of benzene rings is 8. The lowest BCUT2D eigenvalue weighted by Crippen LogP contribution is -2.44. The van der Waals surface area contributed by atoms with Crippen LogP contribution in [0.3, 0.4) is 0 Å². The van der Waals surface area contributed by atoms with Crippen LogP contribution < -0.4 is 15.5 Å². The minimum absolute atomic E-state index is 0.117. The standard InChI is InChI=1S/C52H39N4/c1-4-17-35(18-5-1)49-53-50(36-19-6-2-7-20-36)55-51(54-49)39-22-16-21-37(33-39)38-31-32-42-41-25-10-11-26-43(41)52(46(42)34-38)44-27-12-14-29-47(44)56(40-23-8-3-9-24-40)48-30-15-13-28-45(48)52/h1-34,49-51,54-55H/q-1. The summed E-state index contributed by atoms with van der Waals surface area (Å²) in [5, 5.41) is 12.9. The second-order valence-corrected chi connectivity index (χ2v) is 14.9. The molecule has 4 nitrogen and oxygen atoms in total. The average Bonchev–Trinajstić information content (AvgIpc) is 3.57. The predicted octanol–water partition coefficient (Wildman–Crippen LogP) is 12.5. The fraction of sp³-hybridized carbons (Fsp3) is 0.0769. The maximum atomic E-state index is 5.22. The molecule has 0 radical (unpaired) electrons. The molecule has 0 bridgehead atoms. The van der Waals surface area contributed by atoms with Crippen molar-refractivity contribution >= 4 is 17.1 Å². The van der Waals surface area contributed by atoms with Crippen LogP contribution >= 0.6 is 0 Å². The van der Waals surface area contributed by atoms with Gasteiger partial charge in [0, 0.05) is 5.69 Å². The molecular formula is C52H39N4-. The Balaban J connectivity index is 1.06. The maximum Gasteiger partial charge on any atom is 0.0815 e. The van der Waals surface area contributed by atoms with Gasteiger partial charge >= 0.3 is 0 Å². The van der Waals surface area contributed by atoms with Crippen molar-refractivity contribution in [1.29, 1.82) is 0 Å². The van der Waals surface area contributed by atoms with E-state index in [0.29, 0.717) is 0 Å². The Labute approximate surface area is 328 Å². The van der Waals surface area contributed by atoms with Gasteiger partial charge in [-0.25, -0.2) is 0 Å². The molecule has 2 atom stereocenters. The summed E-state index contributed by atoms with van der Waals surface area (Å²) in [4.78, 5) is 2.44. The molecule has 8 aromatic carbocycles. The molecule has 11 rings (SSSR count). The Hall–Kier alpha value is -6.56. The minimum Gasteiger partial charge on any atom is -0.624 e. The molecule has 2 heterocycles. The van der Waals surface area contributed by atoms with Crippen molar-refractivity contribution in [2.45, 2.75) is 23.9 Å². The first-order chi connectivity index (χ1) is 27.8. The highest BCUT2D eigenvalue weighted by molar-refractivity contribution is 5.96. The molecule has 4 heteroatoms. The van der Waals surface area contributed by atoms with Crippen LogP contribution in [0.1, 0.15) is 57.4 Å². The van der Waals surface area contributed by atoms with Gasteiger partial charge in [-0.3, -0.25) is 0 Å². The number of rotatable bonds is 5. The summed E-state index contributed by atoms with van der Waals surface area (Å²) < 4.78 is 0. The van der Waals surface area contributed by atoms with E-state index in [1.165, 1.54) is 61.4 Å². The highest BCUT2D eigenvalue weighted by atomic mass is 15.4. The molecule has 2 aliphatic heterocycles. The van der Waals surface area contributed by atoms with E-state index in [4.69, 9.17) is 5.32 Å². The minimum atomic E-state index is -0.502. The van der Waals surface area contributed by atoms with Crippen LogP contribution in [-0.4, -0.2) is 0 Å². The van der Waals surface area contributed by atoms with E-state index < -0.39 is 5.41 Å². The van der Waals surface area contributed by atoms with Gasteiger partial charge in [-0.2, -0.15) is 0 Å². The Kier molecular flexibility index (Phi) is 7.81. The highest BCUT2D eigenvalue weighted by Crippen LogP contribution is 2.63. The van der Waals surface area contributed by atoms with E-state index in [9.17, 15) is 0 Å². The molecule has 1 saturated heterocycles. The van der Waals surface area contributed by atoms with Crippen LogP contribution in [0.15, 0.2) is 206 Å². The van der Waals surface area contributed by atoms with Gasteiger partial charge in [-0.1, -0.05) is 193 Å². The van der Waals surface area contributed by atoms with Crippen LogP contribution in [0, 0.1) is 0 Å². The second-order valence-electron chi connectivity index (χ2n) is 14.9. The highest BCUT2D eigenvalue weighted by Gasteiger charge is 2.51. The molecule has 2 N–H and O–H groups in total. The normalized spacial score (nSPS) is 18.8. The topological polar surface area (TPSA) is 41.4 Å². The van der Waals surface area contributed by atoms with Gasteiger partial charge in [0.25, 0.3) is 0 Å². The van der Waals surface area contributed by atoms with Gasteiger partial charge in [0.05, 0.1) is 23.0 Å². The van der Waals surface area contributed by atoms with Crippen molar-refractivity contribution in [1.82, 2.24) is 10.6 Å². The predicted molar refractivity (Wildman–Crippen MR) is 228 cm³/mol. The molecule has 0 saturated carbocycles. The van der Waals surface area contributed by atoms with E-state index in [2.05, 4.69) is 222 Å². The Morgan fingerprint density at radius 1 is 0.393 bits per heavy atom. The van der Waals surface area contributed by atoms with E-state index in [-0.39, 0.29) is 18.5 Å². The van der Waals surface area contributed by atoms with Gasteiger partial charge < -0.3 is 20.9 Å². The average molecular weight is 720 g/mol. The summed E-state index contributed by atoms with van der Waals surface area (Å²) in [6.07, 6.45) is -0.429. The lowest BCUT2D eigenvalue weighted by molar-refractivity contribution is 0.316. The molecule has 1 fully saturated rings. The van der Waals surface area contributed by atoms with Crippen molar-refractivity contribution in [3.8, 4) is 22.3 Å². The van der Waals surface area contributed by atoms with Crippen molar-refractivity contribution in [2.24, 2.45) is 0 Å². The molecule has 0 amide bonds. The Morgan fingerprint density at radius 2 is 0.893 bits per heavy atom. The smallest absolute Gasteiger partial charge is 0.0815 e. The van der Waals surface area contributed by atoms with Gasteiger partial charge in [0.2, 0.25) is 0 Å². The number of anilines is 3. The Morgan fingerprint density at radius 3 is 1.54 bits per heavy atom. The quantitative estimate of drug-likeness (QED) is 0.186. The van der Waals surface area contributed by atoms with Crippen molar-refractivity contribution in [3.63, 3.8) is 0 Å². The van der Waals surface area contributed by atoms with E-state index >= 15 is 0 Å². The zero-order chi connectivity index (χ0) is 37.1. The van der Waals surface area contributed by atoms with E-state index in [1.54, 1.807) is 0 Å². The molecular weight excluding hydrogens is 681 g/mol. The summed E-state index contributed by atoms with van der Waals surface area (Å²) in [6.45, 7) is 0. The summed E-state index contributed by atoms with van der Waals surface area (Å²) in [5.41, 5.74) is 16.7. The summed E-state index contributed by atoms with van der Waals surface area (Å²) in [7, 11) is 0. The van der Waals surface area contributed by atoms with Crippen LogP contribution in [0.4, 0.5) is 17.1 Å². The maximum absolute atomic E-state index is 5.22. The largest absolute Gasteiger partial charge is 0.624 e. The zero-order valence-corrected chi connectivity index (χ0v) is 30.8. The van der Waals surface area contributed by atoms with Gasteiger partial charge in [-0.15, -0.1) is 0 Å². The van der Waals surface area contributed by atoms with Crippen molar-refractivity contribution in [2.75, 3.05) is 4.90 Å². The first-order valence-electron chi connectivity index (χ1n) is 19.5. The van der Waals surface area contributed by atoms with E-state index in [1.807, 2.05) is 0 Å². The number of nitrogens with zero attached hydrogens (tertiary/aromatic N) is 2. The van der Waals surface area contributed by atoms with Crippen LogP contribution in [0.25, 0.3) is 27.6 Å². The first kappa shape index (κ1) is 32.8. The van der Waals surface area contributed by atoms with Crippen LogP contribution in [-0.2, 0) is 5.41 Å². The molecule has 8 aromatic rings. The molecule has 2 unspecified atom stereocenters. The number of nitrogens with one attached hydrogen (secondary N) is 2. The number of hydrogen-bond donors (Lipinski definition) is 2.